The molecule has 7 heteroatoms. The molecule has 0 spiro atoms. The van der Waals surface area contributed by atoms with Gasteiger partial charge in [0.2, 0.25) is 0 Å². The topological polar surface area (TPSA) is 99.9 Å². The first kappa shape index (κ1) is 22.3. The van der Waals surface area contributed by atoms with Gasteiger partial charge in [-0.1, -0.05) is 30.3 Å². The maximum atomic E-state index is 13.3. The summed E-state index contributed by atoms with van der Waals surface area (Å²) < 4.78 is 6.03. The van der Waals surface area contributed by atoms with Crippen molar-refractivity contribution in [2.45, 2.75) is 45.8 Å². The zero-order chi connectivity index (χ0) is 23.6. The zero-order valence-corrected chi connectivity index (χ0v) is 19.2. The van der Waals surface area contributed by atoms with Gasteiger partial charge in [0.1, 0.15) is 11.6 Å². The van der Waals surface area contributed by atoms with Crippen LogP contribution in [0.4, 0.5) is 0 Å². The van der Waals surface area contributed by atoms with Gasteiger partial charge in [0.05, 0.1) is 11.7 Å². The fraction of sp³-hybridized carbons (Fsp3) is 0.269. The lowest BCUT2D eigenvalue weighted by Crippen LogP contribution is -2.48. The summed E-state index contributed by atoms with van der Waals surface area (Å²) in [6.07, 6.45) is 2.39. The zero-order valence-electron chi connectivity index (χ0n) is 19.2. The van der Waals surface area contributed by atoms with Crippen LogP contribution in [0.15, 0.2) is 65.6 Å². The number of amides is 1. The van der Waals surface area contributed by atoms with Crippen molar-refractivity contribution in [3.63, 3.8) is 0 Å². The largest absolute Gasteiger partial charge is 0.478 e. The van der Waals surface area contributed by atoms with Gasteiger partial charge in [-0.3, -0.25) is 9.59 Å². The van der Waals surface area contributed by atoms with Crippen molar-refractivity contribution < 1.29 is 9.53 Å². The lowest BCUT2D eigenvalue weighted by atomic mass is 10.0. The first-order valence-corrected chi connectivity index (χ1v) is 10.9. The SMILES string of the molecule is Cc1cccc(OC(C)(C)C(=O)N[C@H](Cc2c[nH]c3ccccc23)c2cc(=O)[nH]c(C)n2)c1. The van der Waals surface area contributed by atoms with E-state index in [2.05, 4.69) is 20.3 Å². The monoisotopic (exact) mass is 444 g/mol. The van der Waals surface area contributed by atoms with Gasteiger partial charge >= 0.3 is 0 Å². The standard InChI is InChI=1S/C26H28N4O3/c1-16-8-7-9-19(12-16)33-26(3,4)25(32)30-22(23-14-24(31)29-17(2)28-23)13-18-15-27-21-11-6-5-10-20(18)21/h5-12,14-15,22,27H,13H2,1-4H3,(H,30,32)(H,28,29,31)/t22-/m1/s1. The number of para-hydroxylation sites is 1. The summed E-state index contributed by atoms with van der Waals surface area (Å²) in [6.45, 7) is 7.14. The molecule has 0 unspecified atom stereocenters. The van der Waals surface area contributed by atoms with Crippen molar-refractivity contribution in [2.24, 2.45) is 0 Å². The predicted molar refractivity (Wildman–Crippen MR) is 128 cm³/mol. The average molecular weight is 445 g/mol. The van der Waals surface area contributed by atoms with Gasteiger partial charge in [0.15, 0.2) is 5.60 Å². The van der Waals surface area contributed by atoms with E-state index in [4.69, 9.17) is 4.74 Å². The molecule has 1 atom stereocenters. The molecule has 0 fully saturated rings. The molecule has 0 saturated heterocycles. The van der Waals surface area contributed by atoms with Gasteiger partial charge in [-0.2, -0.15) is 0 Å². The van der Waals surface area contributed by atoms with Crippen molar-refractivity contribution in [3.8, 4) is 5.75 Å². The molecule has 3 N–H and O–H groups in total. The second kappa shape index (κ2) is 8.94. The second-order valence-electron chi connectivity index (χ2n) is 8.77. The average Bonchev–Trinajstić information content (AvgIpc) is 3.15. The highest BCUT2D eigenvalue weighted by Crippen LogP contribution is 2.25. The predicted octanol–water partition coefficient (Wildman–Crippen LogP) is 4.13. The highest BCUT2D eigenvalue weighted by Gasteiger charge is 2.33. The lowest BCUT2D eigenvalue weighted by Gasteiger charge is -2.28. The van der Waals surface area contributed by atoms with Crippen molar-refractivity contribution in [2.75, 3.05) is 0 Å². The van der Waals surface area contributed by atoms with Crippen LogP contribution in [0, 0.1) is 13.8 Å². The van der Waals surface area contributed by atoms with E-state index in [1.54, 1.807) is 20.8 Å². The number of hydrogen-bond donors (Lipinski definition) is 3. The molecule has 4 aromatic rings. The smallest absolute Gasteiger partial charge is 0.264 e. The Morgan fingerprint density at radius 1 is 1.12 bits per heavy atom. The lowest BCUT2D eigenvalue weighted by molar-refractivity contribution is -0.135. The molecule has 7 nitrogen and oxygen atoms in total. The molecule has 0 aliphatic rings. The molecule has 2 aromatic carbocycles. The Balaban J connectivity index is 1.64. The van der Waals surface area contributed by atoms with Crippen molar-refractivity contribution in [3.05, 3.63) is 93.8 Å². The number of carbonyl (C=O) groups excluding carboxylic acids is 1. The van der Waals surface area contributed by atoms with Gasteiger partial charge in [-0.25, -0.2) is 4.98 Å². The number of aromatic nitrogens is 3. The third-order valence-corrected chi connectivity index (χ3v) is 5.55. The van der Waals surface area contributed by atoms with Crippen LogP contribution in [0.25, 0.3) is 10.9 Å². The van der Waals surface area contributed by atoms with Gasteiger partial charge in [-0.15, -0.1) is 0 Å². The third-order valence-electron chi connectivity index (χ3n) is 5.55. The molecule has 4 rings (SSSR count). The molecular weight excluding hydrogens is 416 g/mol. The maximum absolute atomic E-state index is 13.3. The summed E-state index contributed by atoms with van der Waals surface area (Å²) in [5.74, 6) is 0.813. The molecule has 0 bridgehead atoms. The van der Waals surface area contributed by atoms with Crippen LogP contribution in [0.3, 0.4) is 0 Å². The summed E-state index contributed by atoms with van der Waals surface area (Å²) in [4.78, 5) is 35.9. The number of fused-ring (bicyclic) bond motifs is 1. The second-order valence-corrected chi connectivity index (χ2v) is 8.77. The molecule has 0 aliphatic heterocycles. The molecule has 2 aromatic heterocycles. The van der Waals surface area contributed by atoms with E-state index in [0.717, 1.165) is 22.0 Å². The van der Waals surface area contributed by atoms with Gasteiger partial charge in [0, 0.05) is 29.6 Å². The minimum absolute atomic E-state index is 0.258. The van der Waals surface area contributed by atoms with E-state index in [1.165, 1.54) is 6.07 Å². The minimum Gasteiger partial charge on any atom is -0.478 e. The van der Waals surface area contributed by atoms with E-state index < -0.39 is 11.6 Å². The highest BCUT2D eigenvalue weighted by molar-refractivity contribution is 5.86. The number of aromatic amines is 2. The fourth-order valence-electron chi connectivity index (χ4n) is 3.88. The van der Waals surface area contributed by atoms with Crippen LogP contribution in [-0.4, -0.2) is 26.5 Å². The number of H-pyrrole nitrogens is 2. The van der Waals surface area contributed by atoms with Crippen molar-refractivity contribution in [1.82, 2.24) is 20.3 Å². The van der Waals surface area contributed by atoms with Crippen LogP contribution >= 0.6 is 0 Å². The van der Waals surface area contributed by atoms with E-state index in [0.29, 0.717) is 23.7 Å². The Morgan fingerprint density at radius 2 is 1.91 bits per heavy atom. The molecule has 2 heterocycles. The van der Waals surface area contributed by atoms with Crippen molar-refractivity contribution in [1.29, 1.82) is 0 Å². The molecule has 1 amide bonds. The maximum Gasteiger partial charge on any atom is 0.264 e. The van der Waals surface area contributed by atoms with E-state index in [-0.39, 0.29) is 11.5 Å². The fourth-order valence-corrected chi connectivity index (χ4v) is 3.88. The highest BCUT2D eigenvalue weighted by atomic mass is 16.5. The number of nitrogens with one attached hydrogen (secondary N) is 3. The number of benzene rings is 2. The number of hydrogen-bond acceptors (Lipinski definition) is 4. The summed E-state index contributed by atoms with van der Waals surface area (Å²) in [7, 11) is 0. The van der Waals surface area contributed by atoms with Crippen LogP contribution in [0.2, 0.25) is 0 Å². The Morgan fingerprint density at radius 3 is 2.67 bits per heavy atom. The summed E-state index contributed by atoms with van der Waals surface area (Å²) in [5.41, 5.74) is 2.18. The van der Waals surface area contributed by atoms with Gasteiger partial charge in [-0.05, 0) is 57.0 Å². The van der Waals surface area contributed by atoms with E-state index >= 15 is 0 Å². The quantitative estimate of drug-likeness (QED) is 0.399. The summed E-state index contributed by atoms with van der Waals surface area (Å²) >= 11 is 0. The van der Waals surface area contributed by atoms with E-state index in [1.807, 2.05) is 61.7 Å². The van der Waals surface area contributed by atoms with E-state index in [9.17, 15) is 9.59 Å². The van der Waals surface area contributed by atoms with Crippen LogP contribution < -0.4 is 15.6 Å². The summed E-state index contributed by atoms with van der Waals surface area (Å²) in [5, 5.41) is 4.14. The third kappa shape index (κ3) is 5.14. The first-order chi connectivity index (χ1) is 15.7. The van der Waals surface area contributed by atoms with Crippen LogP contribution in [0.1, 0.15) is 42.5 Å². The van der Waals surface area contributed by atoms with Gasteiger partial charge in [0.25, 0.3) is 11.5 Å². The Bertz CT molecular complexity index is 1350. The number of aryl methyl sites for hydroxylation is 2. The van der Waals surface area contributed by atoms with Crippen LogP contribution in [0.5, 0.6) is 5.75 Å². The Kier molecular flexibility index (Phi) is 6.05. The Labute approximate surface area is 192 Å². The number of ether oxygens (including phenoxy) is 1. The van der Waals surface area contributed by atoms with Gasteiger partial charge < -0.3 is 20.0 Å². The normalized spacial score (nSPS) is 12.5. The Hall–Kier alpha value is -3.87. The molecule has 0 radical (unpaired) electrons. The first-order valence-electron chi connectivity index (χ1n) is 10.9. The van der Waals surface area contributed by atoms with Crippen LogP contribution in [-0.2, 0) is 11.2 Å². The molecular formula is C26H28N4O3. The number of nitrogens with zero attached hydrogens (tertiary/aromatic N) is 1. The molecule has 0 aliphatic carbocycles. The summed E-state index contributed by atoms with van der Waals surface area (Å²) in [6, 6.07) is 16.5. The molecule has 33 heavy (non-hydrogen) atoms. The molecule has 0 saturated carbocycles. The number of carbonyl (C=O) groups is 1. The number of rotatable bonds is 7. The van der Waals surface area contributed by atoms with Crippen molar-refractivity contribution >= 4 is 16.8 Å². The molecule has 170 valence electrons. The minimum atomic E-state index is -1.14.